The van der Waals surface area contributed by atoms with Gasteiger partial charge >= 0.3 is 0 Å². The maximum Gasteiger partial charge on any atom is 0.0750 e. The smallest absolute Gasteiger partial charge is 0.0750 e. The van der Waals surface area contributed by atoms with Gasteiger partial charge in [0.1, 0.15) is 0 Å². The van der Waals surface area contributed by atoms with Crippen molar-refractivity contribution in [2.75, 3.05) is 0 Å². The summed E-state index contributed by atoms with van der Waals surface area (Å²) in [5.74, 6) is 0. The Morgan fingerprint density at radius 1 is 0.447 bits per heavy atom. The van der Waals surface area contributed by atoms with Crippen molar-refractivity contribution in [2.24, 2.45) is 0 Å². The quantitative estimate of drug-likeness (QED) is 0.0692. The van der Waals surface area contributed by atoms with Crippen LogP contribution in [0.3, 0.4) is 0 Å². The van der Waals surface area contributed by atoms with Crippen molar-refractivity contribution < 1.29 is 10.6 Å². The fourth-order valence-corrected chi connectivity index (χ4v) is 5.74. The maximum absolute atomic E-state index is 10.6. The SMILES string of the molecule is CC=C(CCCCCCCCCCCCCCCC)C(O)CCCCCCCCCCCCCCCC.O. The van der Waals surface area contributed by atoms with Crippen molar-refractivity contribution in [3.63, 3.8) is 0 Å². The van der Waals surface area contributed by atoms with E-state index in [0.29, 0.717) is 0 Å². The van der Waals surface area contributed by atoms with Crippen molar-refractivity contribution in [1.82, 2.24) is 0 Å². The summed E-state index contributed by atoms with van der Waals surface area (Å²) in [5, 5.41) is 10.6. The minimum atomic E-state index is -0.190. The van der Waals surface area contributed by atoms with Crippen molar-refractivity contribution in [3.05, 3.63) is 11.6 Å². The molecule has 0 spiro atoms. The minimum Gasteiger partial charge on any atom is -0.412 e. The molecule has 3 N–H and O–H groups in total. The Kier molecular flexibility index (Phi) is 36.3. The molecule has 0 rings (SSSR count). The average Bonchev–Trinajstić information content (AvgIpc) is 2.91. The molecule has 1 atom stereocenters. The van der Waals surface area contributed by atoms with E-state index in [2.05, 4.69) is 26.8 Å². The van der Waals surface area contributed by atoms with Crippen LogP contribution in [0.25, 0.3) is 0 Å². The van der Waals surface area contributed by atoms with Gasteiger partial charge in [0, 0.05) is 0 Å². The molecule has 2 nitrogen and oxygen atoms in total. The molecule has 0 radical (unpaired) electrons. The predicted octanol–water partition coefficient (Wildman–Crippen LogP) is 12.2. The van der Waals surface area contributed by atoms with Gasteiger partial charge in [-0.05, 0) is 31.8 Å². The zero-order valence-electron chi connectivity index (χ0n) is 26.8. The lowest BCUT2D eigenvalue weighted by molar-refractivity contribution is 0.191. The van der Waals surface area contributed by atoms with E-state index >= 15 is 0 Å². The summed E-state index contributed by atoms with van der Waals surface area (Å²) in [6, 6.07) is 0. The lowest BCUT2D eigenvalue weighted by Crippen LogP contribution is -2.10. The molecule has 0 aromatic carbocycles. The average molecular weight is 539 g/mol. The van der Waals surface area contributed by atoms with Crippen LogP contribution in [0.2, 0.25) is 0 Å². The molecule has 0 aliphatic heterocycles. The summed E-state index contributed by atoms with van der Waals surface area (Å²) in [6.45, 7) is 6.71. The topological polar surface area (TPSA) is 51.7 Å². The molecular formula is C36H74O2. The standard InChI is InChI=1S/C36H72O.H2O/c1-4-7-9-11-13-15-17-19-21-23-25-27-29-31-33-35(6-3)36(37)34-32-30-28-26-24-22-20-18-16-14-12-10-8-5-2;/h6,36-37H,4-5,7-34H2,1-3H3;1H2. The molecule has 0 saturated carbocycles. The third kappa shape index (κ3) is 30.2. The third-order valence-corrected chi connectivity index (χ3v) is 8.45. The van der Waals surface area contributed by atoms with Gasteiger partial charge in [0.2, 0.25) is 0 Å². The number of allylic oxidation sites excluding steroid dienone is 1. The number of rotatable bonds is 31. The largest absolute Gasteiger partial charge is 0.412 e. The summed E-state index contributed by atoms with van der Waals surface area (Å²) in [5.41, 5.74) is 1.30. The number of aliphatic hydroxyl groups is 1. The first kappa shape index (κ1) is 39.8. The van der Waals surface area contributed by atoms with Gasteiger partial charge in [-0.2, -0.15) is 0 Å². The van der Waals surface area contributed by atoms with Crippen molar-refractivity contribution >= 4 is 0 Å². The zero-order valence-corrected chi connectivity index (χ0v) is 26.8. The number of unbranched alkanes of at least 4 members (excludes halogenated alkanes) is 26. The van der Waals surface area contributed by atoms with E-state index in [1.807, 2.05) is 0 Å². The Hall–Kier alpha value is -0.340. The van der Waals surface area contributed by atoms with Gasteiger partial charge < -0.3 is 10.6 Å². The first-order valence-electron chi connectivity index (χ1n) is 17.6. The second kappa shape index (κ2) is 34.7. The highest BCUT2D eigenvalue weighted by Gasteiger charge is 2.09. The van der Waals surface area contributed by atoms with Gasteiger partial charge in [-0.3, -0.25) is 0 Å². The van der Waals surface area contributed by atoms with Crippen LogP contribution in [0.1, 0.15) is 213 Å². The minimum absolute atomic E-state index is 0. The van der Waals surface area contributed by atoms with Gasteiger partial charge in [0.25, 0.3) is 0 Å². The van der Waals surface area contributed by atoms with E-state index in [-0.39, 0.29) is 11.6 Å². The van der Waals surface area contributed by atoms with Crippen LogP contribution in [-0.2, 0) is 0 Å². The Morgan fingerprint density at radius 2 is 0.711 bits per heavy atom. The zero-order chi connectivity index (χ0) is 27.1. The molecule has 2 heteroatoms. The normalized spacial score (nSPS) is 12.6. The van der Waals surface area contributed by atoms with E-state index in [1.165, 1.54) is 185 Å². The van der Waals surface area contributed by atoms with E-state index in [1.54, 1.807) is 0 Å². The molecular weight excluding hydrogens is 464 g/mol. The van der Waals surface area contributed by atoms with Crippen LogP contribution in [0.4, 0.5) is 0 Å². The molecule has 1 unspecified atom stereocenters. The molecule has 230 valence electrons. The van der Waals surface area contributed by atoms with Gasteiger partial charge in [-0.25, -0.2) is 0 Å². The molecule has 0 fully saturated rings. The summed E-state index contributed by atoms with van der Waals surface area (Å²) in [4.78, 5) is 0. The number of hydrogen-bond donors (Lipinski definition) is 1. The Balaban J connectivity index is 0. The highest BCUT2D eigenvalue weighted by molar-refractivity contribution is 5.06. The summed E-state index contributed by atoms with van der Waals surface area (Å²) in [6.07, 6.45) is 43.4. The van der Waals surface area contributed by atoms with E-state index in [4.69, 9.17) is 0 Å². The monoisotopic (exact) mass is 539 g/mol. The molecule has 0 aromatic rings. The molecule has 0 amide bonds. The molecule has 0 heterocycles. The van der Waals surface area contributed by atoms with E-state index < -0.39 is 0 Å². The van der Waals surface area contributed by atoms with E-state index in [9.17, 15) is 5.11 Å². The Bertz CT molecular complexity index is 445. The second-order valence-corrected chi connectivity index (χ2v) is 12.1. The first-order chi connectivity index (χ1) is 18.3. The fraction of sp³-hybridized carbons (Fsp3) is 0.944. The van der Waals surface area contributed by atoms with Crippen LogP contribution >= 0.6 is 0 Å². The molecule has 0 bridgehead atoms. The summed E-state index contributed by atoms with van der Waals surface area (Å²) < 4.78 is 0. The maximum atomic E-state index is 10.6. The van der Waals surface area contributed by atoms with Gasteiger partial charge in [-0.1, -0.05) is 193 Å². The molecule has 0 aromatic heterocycles. The molecule has 0 aliphatic rings. The summed E-state index contributed by atoms with van der Waals surface area (Å²) >= 11 is 0. The summed E-state index contributed by atoms with van der Waals surface area (Å²) in [7, 11) is 0. The number of aliphatic hydroxyl groups excluding tert-OH is 1. The van der Waals surface area contributed by atoms with Crippen LogP contribution in [0.15, 0.2) is 11.6 Å². The van der Waals surface area contributed by atoms with E-state index in [0.717, 1.165) is 12.8 Å². The van der Waals surface area contributed by atoms with Crippen molar-refractivity contribution in [2.45, 2.75) is 219 Å². The van der Waals surface area contributed by atoms with Gasteiger partial charge in [0.15, 0.2) is 0 Å². The second-order valence-electron chi connectivity index (χ2n) is 12.1. The van der Waals surface area contributed by atoms with Gasteiger partial charge in [-0.15, -0.1) is 0 Å². The highest BCUT2D eigenvalue weighted by Crippen LogP contribution is 2.20. The number of hydrogen-bond acceptors (Lipinski definition) is 1. The fourth-order valence-electron chi connectivity index (χ4n) is 5.74. The van der Waals surface area contributed by atoms with Crippen LogP contribution < -0.4 is 0 Å². The molecule has 0 aliphatic carbocycles. The molecule has 38 heavy (non-hydrogen) atoms. The third-order valence-electron chi connectivity index (χ3n) is 8.45. The Labute approximate surface area is 241 Å². The predicted molar refractivity (Wildman–Crippen MR) is 173 cm³/mol. The van der Waals surface area contributed by atoms with Crippen LogP contribution in [-0.4, -0.2) is 16.7 Å². The van der Waals surface area contributed by atoms with Crippen molar-refractivity contribution in [1.29, 1.82) is 0 Å². The lowest BCUT2D eigenvalue weighted by Gasteiger charge is -2.15. The van der Waals surface area contributed by atoms with Crippen LogP contribution in [0, 0.1) is 0 Å². The highest BCUT2D eigenvalue weighted by atomic mass is 16.3. The van der Waals surface area contributed by atoms with Gasteiger partial charge in [0.05, 0.1) is 6.10 Å². The molecule has 0 saturated heterocycles. The first-order valence-corrected chi connectivity index (χ1v) is 17.6. The lowest BCUT2D eigenvalue weighted by atomic mass is 9.96. The van der Waals surface area contributed by atoms with Crippen LogP contribution in [0.5, 0.6) is 0 Å². The Morgan fingerprint density at radius 3 is 1.00 bits per heavy atom. The van der Waals surface area contributed by atoms with Crippen molar-refractivity contribution in [3.8, 4) is 0 Å².